The van der Waals surface area contributed by atoms with Crippen molar-refractivity contribution in [1.82, 2.24) is 0 Å². The van der Waals surface area contributed by atoms with Crippen LogP contribution in [0.3, 0.4) is 0 Å². The number of hydrogen-bond acceptors (Lipinski definition) is 3. The normalized spacial score (nSPS) is 18.1. The average Bonchev–Trinajstić information content (AvgIpc) is 2.43. The molecule has 0 radical (unpaired) electrons. The van der Waals surface area contributed by atoms with E-state index in [0.29, 0.717) is 0 Å². The first-order chi connectivity index (χ1) is 9.31. The number of benzene rings is 1. The van der Waals surface area contributed by atoms with E-state index < -0.39 is 0 Å². The Morgan fingerprint density at radius 3 is 2.84 bits per heavy atom. The lowest BCUT2D eigenvalue weighted by atomic mass is 9.89. The lowest BCUT2D eigenvalue weighted by Gasteiger charge is -2.21. The van der Waals surface area contributed by atoms with E-state index in [1.165, 1.54) is 5.56 Å². The van der Waals surface area contributed by atoms with Gasteiger partial charge in [-0.3, -0.25) is 0 Å². The summed E-state index contributed by atoms with van der Waals surface area (Å²) in [6.07, 6.45) is 6.75. The quantitative estimate of drug-likeness (QED) is 0.744. The zero-order valence-corrected chi connectivity index (χ0v) is 11.5. The van der Waals surface area contributed by atoms with Crippen molar-refractivity contribution in [2.45, 2.75) is 51.0 Å². The first kappa shape index (κ1) is 14.4. The molecule has 0 amide bonds. The number of aliphatic hydroxyl groups is 2. The number of fused-ring (bicyclic) bond motifs is 1. The van der Waals surface area contributed by atoms with E-state index in [1.807, 2.05) is 12.1 Å². The molecule has 1 aliphatic rings. The van der Waals surface area contributed by atoms with E-state index in [9.17, 15) is 5.11 Å². The second-order valence-electron chi connectivity index (χ2n) is 5.25. The topological polar surface area (TPSA) is 49.7 Å². The Balaban J connectivity index is 1.78. The van der Waals surface area contributed by atoms with Crippen molar-refractivity contribution < 1.29 is 14.9 Å². The summed E-state index contributed by atoms with van der Waals surface area (Å²) in [7, 11) is 0. The van der Waals surface area contributed by atoms with Crippen molar-refractivity contribution in [3.05, 3.63) is 29.3 Å². The van der Waals surface area contributed by atoms with Gasteiger partial charge in [-0.25, -0.2) is 0 Å². The van der Waals surface area contributed by atoms with E-state index in [-0.39, 0.29) is 12.7 Å². The average molecular weight is 264 g/mol. The third-order valence-electron chi connectivity index (χ3n) is 3.72. The highest BCUT2D eigenvalue weighted by Gasteiger charge is 2.17. The van der Waals surface area contributed by atoms with Gasteiger partial charge in [0.1, 0.15) is 5.75 Å². The molecule has 0 aromatic heterocycles. The fourth-order valence-electron chi connectivity index (χ4n) is 2.61. The Bertz CT molecular complexity index is 390. The Morgan fingerprint density at radius 1 is 1.16 bits per heavy atom. The van der Waals surface area contributed by atoms with Crippen LogP contribution in [-0.4, -0.2) is 23.4 Å². The molecule has 1 atom stereocenters. The molecule has 0 heterocycles. The van der Waals surface area contributed by atoms with Gasteiger partial charge in [-0.2, -0.15) is 0 Å². The molecule has 0 spiro atoms. The third kappa shape index (κ3) is 4.22. The summed E-state index contributed by atoms with van der Waals surface area (Å²) >= 11 is 0. The molecule has 0 saturated heterocycles. The molecule has 0 aliphatic heterocycles. The van der Waals surface area contributed by atoms with Crippen LogP contribution in [0.5, 0.6) is 5.75 Å². The Hall–Kier alpha value is -1.06. The third-order valence-corrected chi connectivity index (χ3v) is 3.72. The molecule has 3 heteroatoms. The highest BCUT2D eigenvalue weighted by molar-refractivity contribution is 5.38. The van der Waals surface area contributed by atoms with E-state index in [4.69, 9.17) is 9.84 Å². The number of unbranched alkanes of at least 4 members (excludes halogenated alkanes) is 3. The minimum Gasteiger partial charge on any atom is -0.494 e. The summed E-state index contributed by atoms with van der Waals surface area (Å²) in [5.41, 5.74) is 2.30. The molecular weight excluding hydrogens is 240 g/mol. The lowest BCUT2D eigenvalue weighted by Crippen LogP contribution is -2.09. The predicted octanol–water partition coefficient (Wildman–Crippen LogP) is 2.99. The predicted molar refractivity (Wildman–Crippen MR) is 75.4 cm³/mol. The zero-order valence-electron chi connectivity index (χ0n) is 11.5. The van der Waals surface area contributed by atoms with Gasteiger partial charge < -0.3 is 14.9 Å². The van der Waals surface area contributed by atoms with Gasteiger partial charge in [-0.1, -0.05) is 12.5 Å². The number of hydrogen-bond donors (Lipinski definition) is 2. The molecule has 1 aliphatic carbocycles. The SMILES string of the molecule is OCCCCCCOc1ccc2c(c1)CCCC2O. The van der Waals surface area contributed by atoms with Gasteiger partial charge in [-0.05, 0) is 61.8 Å². The molecule has 106 valence electrons. The van der Waals surface area contributed by atoms with Crippen LogP contribution in [-0.2, 0) is 6.42 Å². The Kier molecular flexibility index (Phi) is 5.67. The maximum atomic E-state index is 9.89. The highest BCUT2D eigenvalue weighted by Crippen LogP contribution is 2.31. The lowest BCUT2D eigenvalue weighted by molar-refractivity contribution is 0.156. The van der Waals surface area contributed by atoms with Gasteiger partial charge in [0.15, 0.2) is 0 Å². The second-order valence-corrected chi connectivity index (χ2v) is 5.25. The van der Waals surface area contributed by atoms with Crippen LogP contribution in [0.4, 0.5) is 0 Å². The summed E-state index contributed by atoms with van der Waals surface area (Å²) < 4.78 is 5.74. The molecule has 1 aromatic rings. The standard InChI is InChI=1S/C16H24O3/c17-10-3-1-2-4-11-19-14-8-9-15-13(12-14)6-5-7-16(15)18/h8-9,12,16-18H,1-7,10-11H2. The second kappa shape index (κ2) is 7.51. The summed E-state index contributed by atoms with van der Waals surface area (Å²) in [5, 5.41) is 18.6. The Labute approximate surface area is 115 Å². The summed E-state index contributed by atoms with van der Waals surface area (Å²) in [4.78, 5) is 0. The molecule has 19 heavy (non-hydrogen) atoms. The molecule has 3 nitrogen and oxygen atoms in total. The van der Waals surface area contributed by atoms with Gasteiger partial charge in [0.05, 0.1) is 12.7 Å². The molecule has 2 rings (SSSR count). The number of aryl methyl sites for hydroxylation is 1. The minimum absolute atomic E-state index is 0.286. The van der Waals surface area contributed by atoms with Crippen LogP contribution in [0.1, 0.15) is 55.8 Å². The van der Waals surface area contributed by atoms with Gasteiger partial charge >= 0.3 is 0 Å². The maximum absolute atomic E-state index is 9.89. The Morgan fingerprint density at radius 2 is 2.00 bits per heavy atom. The van der Waals surface area contributed by atoms with Crippen LogP contribution < -0.4 is 4.74 Å². The number of aliphatic hydroxyl groups excluding tert-OH is 2. The van der Waals surface area contributed by atoms with Gasteiger partial charge in [0, 0.05) is 6.61 Å². The van der Waals surface area contributed by atoms with Crippen molar-refractivity contribution in [2.24, 2.45) is 0 Å². The molecule has 0 fully saturated rings. The fraction of sp³-hybridized carbons (Fsp3) is 0.625. The molecule has 2 N–H and O–H groups in total. The van der Waals surface area contributed by atoms with E-state index in [1.54, 1.807) is 0 Å². The largest absolute Gasteiger partial charge is 0.494 e. The first-order valence-electron chi connectivity index (χ1n) is 7.36. The molecule has 1 unspecified atom stereocenters. The van der Waals surface area contributed by atoms with Gasteiger partial charge in [0.2, 0.25) is 0 Å². The van der Waals surface area contributed by atoms with E-state index >= 15 is 0 Å². The van der Waals surface area contributed by atoms with Crippen molar-refractivity contribution >= 4 is 0 Å². The van der Waals surface area contributed by atoms with E-state index in [2.05, 4.69) is 6.07 Å². The molecule has 0 bridgehead atoms. The van der Waals surface area contributed by atoms with Crippen molar-refractivity contribution in [3.63, 3.8) is 0 Å². The van der Waals surface area contributed by atoms with Crippen LogP contribution in [0, 0.1) is 0 Å². The van der Waals surface area contributed by atoms with Crippen LogP contribution in [0.2, 0.25) is 0 Å². The van der Waals surface area contributed by atoms with Crippen molar-refractivity contribution in [2.75, 3.05) is 13.2 Å². The summed E-state index contributed by atoms with van der Waals surface area (Å²) in [6.45, 7) is 1.01. The monoisotopic (exact) mass is 264 g/mol. The molecule has 0 saturated carbocycles. The first-order valence-corrected chi connectivity index (χ1v) is 7.36. The van der Waals surface area contributed by atoms with E-state index in [0.717, 1.165) is 62.9 Å². The fourth-order valence-corrected chi connectivity index (χ4v) is 2.61. The maximum Gasteiger partial charge on any atom is 0.119 e. The zero-order chi connectivity index (χ0) is 13.5. The van der Waals surface area contributed by atoms with Crippen LogP contribution >= 0.6 is 0 Å². The van der Waals surface area contributed by atoms with Crippen LogP contribution in [0.25, 0.3) is 0 Å². The van der Waals surface area contributed by atoms with Crippen LogP contribution in [0.15, 0.2) is 18.2 Å². The van der Waals surface area contributed by atoms with Crippen molar-refractivity contribution in [1.29, 1.82) is 0 Å². The number of ether oxygens (including phenoxy) is 1. The summed E-state index contributed by atoms with van der Waals surface area (Å²) in [5.74, 6) is 0.912. The molecule has 1 aromatic carbocycles. The number of rotatable bonds is 7. The van der Waals surface area contributed by atoms with Crippen molar-refractivity contribution in [3.8, 4) is 5.75 Å². The van der Waals surface area contributed by atoms with Gasteiger partial charge in [0.25, 0.3) is 0 Å². The minimum atomic E-state index is -0.295. The molecular formula is C16H24O3. The smallest absolute Gasteiger partial charge is 0.119 e. The highest BCUT2D eigenvalue weighted by atomic mass is 16.5. The van der Waals surface area contributed by atoms with Gasteiger partial charge in [-0.15, -0.1) is 0 Å². The summed E-state index contributed by atoms with van der Waals surface area (Å²) in [6, 6.07) is 6.03.